The van der Waals surface area contributed by atoms with E-state index in [1.807, 2.05) is 19.1 Å². The molecule has 0 bridgehead atoms. The molecule has 11 nitrogen and oxygen atoms in total. The molecule has 13 heteroatoms. The molecule has 2 aromatic heterocycles. The Balaban J connectivity index is 1.18. The minimum absolute atomic E-state index is 0.150. The molecule has 3 aromatic carbocycles. The molecule has 1 saturated carbocycles. The molecule has 248 valence electrons. The van der Waals surface area contributed by atoms with Crippen LogP contribution < -0.4 is 16.0 Å². The van der Waals surface area contributed by atoms with Crippen molar-refractivity contribution in [1.82, 2.24) is 19.3 Å². The van der Waals surface area contributed by atoms with Crippen molar-refractivity contribution in [3.8, 4) is 11.3 Å². The third-order valence-corrected chi connectivity index (χ3v) is 9.90. The van der Waals surface area contributed by atoms with E-state index in [-0.39, 0.29) is 27.7 Å². The van der Waals surface area contributed by atoms with Gasteiger partial charge in [0.1, 0.15) is 5.60 Å². The van der Waals surface area contributed by atoms with Crippen LogP contribution in [-0.4, -0.2) is 45.5 Å². The minimum Gasteiger partial charge on any atom is -0.444 e. The zero-order valence-corrected chi connectivity index (χ0v) is 28.4. The average molecular weight is 687 g/mol. The number of hydrogen-bond acceptors (Lipinski definition) is 8. The maximum absolute atomic E-state index is 13.6. The van der Waals surface area contributed by atoms with Gasteiger partial charge < -0.3 is 20.7 Å². The van der Waals surface area contributed by atoms with Gasteiger partial charge in [0.05, 0.1) is 27.3 Å². The van der Waals surface area contributed by atoms with Crippen LogP contribution in [0.25, 0.3) is 22.2 Å². The van der Waals surface area contributed by atoms with Crippen LogP contribution in [0.15, 0.2) is 96.2 Å². The Morgan fingerprint density at radius 1 is 0.979 bits per heavy atom. The Hall–Kier alpha value is -4.94. The number of carbonyl (C=O) groups excluding carboxylic acids is 2. The first-order chi connectivity index (χ1) is 22.7. The lowest BCUT2D eigenvalue weighted by Gasteiger charge is -2.44. The maximum Gasteiger partial charge on any atom is 0.408 e. The number of nitrogens with zero attached hydrogens (tertiary/aromatic N) is 3. The molecular formula is C35H35ClN6O5S. The molecule has 3 N–H and O–H groups in total. The summed E-state index contributed by atoms with van der Waals surface area (Å²) in [6, 6.07) is 22.5. The van der Waals surface area contributed by atoms with E-state index in [1.165, 1.54) is 16.4 Å². The highest BCUT2D eigenvalue weighted by molar-refractivity contribution is 7.90. The summed E-state index contributed by atoms with van der Waals surface area (Å²) in [5.74, 6) is -0.192. The number of carbonyl (C=O) groups is 2. The predicted molar refractivity (Wildman–Crippen MR) is 186 cm³/mol. The molecule has 0 unspecified atom stereocenters. The number of fused-ring (bicyclic) bond motifs is 1. The number of anilines is 3. The van der Waals surface area contributed by atoms with Gasteiger partial charge in [0.15, 0.2) is 0 Å². The van der Waals surface area contributed by atoms with Gasteiger partial charge in [-0.05, 0) is 76.9 Å². The van der Waals surface area contributed by atoms with Gasteiger partial charge >= 0.3 is 6.09 Å². The highest BCUT2D eigenvalue weighted by atomic mass is 35.5. The number of benzene rings is 3. The summed E-state index contributed by atoms with van der Waals surface area (Å²) < 4.78 is 33.8. The van der Waals surface area contributed by atoms with Crippen molar-refractivity contribution in [3.05, 3.63) is 96.3 Å². The molecule has 0 radical (unpaired) electrons. The zero-order valence-electron chi connectivity index (χ0n) is 26.8. The van der Waals surface area contributed by atoms with Crippen LogP contribution in [-0.2, 0) is 19.6 Å². The van der Waals surface area contributed by atoms with Gasteiger partial charge in [-0.2, -0.15) is 0 Å². The number of halogens is 1. The van der Waals surface area contributed by atoms with Crippen molar-refractivity contribution in [2.45, 2.75) is 56.6 Å². The molecule has 5 aromatic rings. The van der Waals surface area contributed by atoms with E-state index in [9.17, 15) is 18.0 Å². The highest BCUT2D eigenvalue weighted by Crippen LogP contribution is 2.39. The van der Waals surface area contributed by atoms with Gasteiger partial charge in [-0.15, -0.1) is 0 Å². The quantitative estimate of drug-likeness (QED) is 0.154. The Labute approximate surface area is 283 Å². The summed E-state index contributed by atoms with van der Waals surface area (Å²) in [6.07, 6.45) is 3.45. The van der Waals surface area contributed by atoms with E-state index in [0.29, 0.717) is 46.4 Å². The fourth-order valence-corrected chi connectivity index (χ4v) is 7.36. The van der Waals surface area contributed by atoms with Crippen LogP contribution in [0.4, 0.5) is 22.1 Å². The van der Waals surface area contributed by atoms with Gasteiger partial charge in [-0.25, -0.2) is 27.2 Å². The summed E-state index contributed by atoms with van der Waals surface area (Å²) in [5.41, 5.74) is 1.42. The fourth-order valence-electron chi connectivity index (χ4n) is 5.77. The van der Waals surface area contributed by atoms with Gasteiger partial charge in [0, 0.05) is 40.0 Å². The van der Waals surface area contributed by atoms with Crippen LogP contribution in [0.2, 0.25) is 5.02 Å². The van der Waals surface area contributed by atoms with E-state index in [0.717, 1.165) is 0 Å². The molecule has 6 rings (SSSR count). The van der Waals surface area contributed by atoms with Crippen molar-refractivity contribution in [2.75, 3.05) is 10.6 Å². The van der Waals surface area contributed by atoms with Gasteiger partial charge in [0.25, 0.3) is 10.0 Å². The molecule has 2 heterocycles. The SMILES string of the molecule is CC1(NC(=O)OC(C)(C)C)CC(C(=O)Nc2cccc(Nc3ncc(Cl)c(-c4cn(S(=O)(=O)c5ccccc5)c5ccccc45)n3)c2)C1. The Kier molecular flexibility index (Phi) is 8.65. The van der Waals surface area contributed by atoms with Crippen LogP contribution in [0.1, 0.15) is 40.5 Å². The molecule has 2 amide bonds. The third-order valence-electron chi connectivity index (χ3n) is 7.93. The van der Waals surface area contributed by atoms with Crippen LogP contribution in [0.3, 0.4) is 0 Å². The number of alkyl carbamates (subject to hydrolysis) is 1. The lowest BCUT2D eigenvalue weighted by Crippen LogP contribution is -2.58. The molecule has 1 aliphatic rings. The second kappa shape index (κ2) is 12.6. The summed E-state index contributed by atoms with van der Waals surface area (Å²) in [4.78, 5) is 34.4. The second-order valence-corrected chi connectivity index (χ2v) is 15.3. The first kappa shape index (κ1) is 33.0. The number of aromatic nitrogens is 3. The Morgan fingerprint density at radius 2 is 1.67 bits per heavy atom. The highest BCUT2D eigenvalue weighted by Gasteiger charge is 2.45. The topological polar surface area (TPSA) is 144 Å². The summed E-state index contributed by atoms with van der Waals surface area (Å²) in [6.45, 7) is 7.29. The molecule has 0 spiro atoms. The fraction of sp³-hybridized carbons (Fsp3) is 0.257. The number of rotatable bonds is 8. The molecule has 1 aliphatic carbocycles. The number of nitrogens with one attached hydrogen (secondary N) is 3. The van der Waals surface area contributed by atoms with Crippen molar-refractivity contribution in [3.63, 3.8) is 0 Å². The summed E-state index contributed by atoms with van der Waals surface area (Å²) >= 11 is 6.59. The van der Waals surface area contributed by atoms with E-state index < -0.39 is 27.3 Å². The van der Waals surface area contributed by atoms with Gasteiger partial charge in [-0.3, -0.25) is 4.79 Å². The monoisotopic (exact) mass is 686 g/mol. The van der Waals surface area contributed by atoms with Crippen molar-refractivity contribution in [1.29, 1.82) is 0 Å². The zero-order chi connectivity index (χ0) is 34.3. The molecule has 48 heavy (non-hydrogen) atoms. The van der Waals surface area contributed by atoms with Crippen LogP contribution >= 0.6 is 11.6 Å². The second-order valence-electron chi connectivity index (χ2n) is 13.1. The lowest BCUT2D eigenvalue weighted by molar-refractivity contribution is -0.124. The average Bonchev–Trinajstić information content (AvgIpc) is 3.41. The lowest BCUT2D eigenvalue weighted by atomic mass is 9.69. The van der Waals surface area contributed by atoms with Crippen LogP contribution in [0, 0.1) is 5.92 Å². The molecular weight excluding hydrogens is 652 g/mol. The van der Waals surface area contributed by atoms with Crippen molar-refractivity contribution in [2.24, 2.45) is 5.92 Å². The maximum atomic E-state index is 13.6. The Bertz CT molecular complexity index is 2120. The third kappa shape index (κ3) is 6.99. The number of ether oxygens (including phenoxy) is 1. The van der Waals surface area contributed by atoms with Gasteiger partial charge in [0.2, 0.25) is 11.9 Å². The smallest absolute Gasteiger partial charge is 0.408 e. The van der Waals surface area contributed by atoms with Gasteiger partial charge in [-0.1, -0.05) is 54.1 Å². The van der Waals surface area contributed by atoms with E-state index in [1.54, 1.807) is 87.5 Å². The largest absolute Gasteiger partial charge is 0.444 e. The van der Waals surface area contributed by atoms with E-state index >= 15 is 0 Å². The van der Waals surface area contributed by atoms with E-state index in [4.69, 9.17) is 16.3 Å². The van der Waals surface area contributed by atoms with E-state index in [2.05, 4.69) is 25.9 Å². The minimum atomic E-state index is -3.91. The standard InChI is InChI=1S/C35H35ClN6O5S/c1-34(2,3)47-33(44)41-35(4)18-22(19-35)31(43)38-23-11-10-12-24(17-23)39-32-37-20-28(36)30(40-32)27-21-42(29-16-9-8-15-26(27)29)48(45,46)25-13-6-5-7-14-25/h5-17,20-22H,18-19H2,1-4H3,(H,38,43)(H,41,44)(H,37,39,40). The molecule has 0 saturated heterocycles. The number of hydrogen-bond donors (Lipinski definition) is 3. The van der Waals surface area contributed by atoms with Crippen molar-refractivity contribution < 1.29 is 22.7 Å². The molecule has 0 atom stereocenters. The van der Waals surface area contributed by atoms with Crippen LogP contribution in [0.5, 0.6) is 0 Å². The first-order valence-corrected chi connectivity index (χ1v) is 17.2. The predicted octanol–water partition coefficient (Wildman–Crippen LogP) is 7.36. The number of para-hydroxylation sites is 1. The molecule has 1 fully saturated rings. The normalized spacial score (nSPS) is 17.7. The molecule has 0 aliphatic heterocycles. The summed E-state index contributed by atoms with van der Waals surface area (Å²) in [7, 11) is -3.91. The number of amides is 2. The first-order valence-electron chi connectivity index (χ1n) is 15.3. The van der Waals surface area contributed by atoms with Crippen molar-refractivity contribution >= 4 is 61.9 Å². The summed E-state index contributed by atoms with van der Waals surface area (Å²) in [5, 5.41) is 9.88. The Morgan fingerprint density at radius 3 is 2.40 bits per heavy atom.